The zero-order chi connectivity index (χ0) is 15.4. The second-order valence-electron chi connectivity index (χ2n) is 6.31. The van der Waals surface area contributed by atoms with Crippen LogP contribution in [-0.4, -0.2) is 31.0 Å². The Balaban J connectivity index is 1.94. The van der Waals surface area contributed by atoms with E-state index in [1.54, 1.807) is 7.11 Å². The maximum atomic E-state index is 10.5. The van der Waals surface area contributed by atoms with E-state index in [4.69, 9.17) is 9.47 Å². The summed E-state index contributed by atoms with van der Waals surface area (Å²) in [7, 11) is 1.76. The topological polar surface area (TPSA) is 38.7 Å². The van der Waals surface area contributed by atoms with Crippen LogP contribution in [0.15, 0.2) is 12.1 Å². The number of hydrogen-bond acceptors (Lipinski definition) is 3. The summed E-state index contributed by atoms with van der Waals surface area (Å²) in [6, 6.07) is 4.24. The van der Waals surface area contributed by atoms with E-state index >= 15 is 0 Å². The zero-order valence-electron chi connectivity index (χ0n) is 13.7. The fourth-order valence-corrected chi connectivity index (χ4v) is 3.49. The molecule has 0 spiro atoms. The Labute approximate surface area is 128 Å². The predicted molar refractivity (Wildman–Crippen MR) is 84.6 cm³/mol. The second kappa shape index (κ2) is 7.39. The molecule has 0 heterocycles. The molecule has 2 rings (SSSR count). The molecule has 0 radical (unpaired) electrons. The van der Waals surface area contributed by atoms with Gasteiger partial charge in [-0.15, -0.1) is 0 Å². The van der Waals surface area contributed by atoms with Gasteiger partial charge in [0, 0.05) is 7.11 Å². The molecule has 21 heavy (non-hydrogen) atoms. The first-order valence-corrected chi connectivity index (χ1v) is 7.91. The van der Waals surface area contributed by atoms with Gasteiger partial charge in [-0.3, -0.25) is 0 Å². The van der Waals surface area contributed by atoms with E-state index in [2.05, 4.69) is 32.9 Å². The molecule has 1 saturated carbocycles. The first-order valence-electron chi connectivity index (χ1n) is 7.91. The smallest absolute Gasteiger partial charge is 0.103 e. The number of benzene rings is 1. The zero-order valence-corrected chi connectivity index (χ0v) is 13.7. The molecule has 0 bridgehead atoms. The Hall–Kier alpha value is -0.900. The standard InChI is InChI=1S/C18H28O3/c1-12-8-13(2)18(14(3)9-12)17(19)11-21-16-7-5-6-15(10-16)20-4/h8-9,15-17,19H,5-7,10-11H2,1-4H3. The van der Waals surface area contributed by atoms with Crippen molar-refractivity contribution in [3.8, 4) is 0 Å². The number of methoxy groups -OCH3 is 1. The summed E-state index contributed by atoms with van der Waals surface area (Å²) in [6.07, 6.45) is 4.24. The second-order valence-corrected chi connectivity index (χ2v) is 6.31. The van der Waals surface area contributed by atoms with Crippen LogP contribution in [0.1, 0.15) is 54.0 Å². The molecule has 0 aromatic heterocycles. The largest absolute Gasteiger partial charge is 0.386 e. The van der Waals surface area contributed by atoms with E-state index in [0.29, 0.717) is 12.7 Å². The van der Waals surface area contributed by atoms with E-state index in [0.717, 1.165) is 42.4 Å². The number of aryl methyl sites for hydroxylation is 3. The molecule has 118 valence electrons. The summed E-state index contributed by atoms with van der Waals surface area (Å²) in [6.45, 7) is 6.56. The van der Waals surface area contributed by atoms with Gasteiger partial charge >= 0.3 is 0 Å². The van der Waals surface area contributed by atoms with Crippen molar-refractivity contribution in [1.29, 1.82) is 0 Å². The normalized spacial score (nSPS) is 24.0. The van der Waals surface area contributed by atoms with Crippen LogP contribution in [0.3, 0.4) is 0 Å². The minimum absolute atomic E-state index is 0.212. The Bertz CT molecular complexity index is 447. The quantitative estimate of drug-likeness (QED) is 0.901. The molecular weight excluding hydrogens is 264 g/mol. The van der Waals surface area contributed by atoms with Crippen molar-refractivity contribution >= 4 is 0 Å². The minimum atomic E-state index is -0.548. The summed E-state index contributed by atoms with van der Waals surface area (Å²) in [5, 5.41) is 10.5. The molecule has 3 heteroatoms. The number of ether oxygens (including phenoxy) is 2. The number of rotatable bonds is 5. The van der Waals surface area contributed by atoms with Crippen molar-refractivity contribution in [1.82, 2.24) is 0 Å². The van der Waals surface area contributed by atoms with E-state index in [1.807, 2.05) is 0 Å². The lowest BCUT2D eigenvalue weighted by molar-refractivity contribution is -0.0572. The number of aliphatic hydroxyl groups excluding tert-OH is 1. The molecule has 1 aromatic rings. The first kappa shape index (κ1) is 16.5. The first-order chi connectivity index (χ1) is 10.0. The van der Waals surface area contributed by atoms with Crippen LogP contribution in [0.2, 0.25) is 0 Å². The third-order valence-electron chi connectivity index (χ3n) is 4.47. The van der Waals surface area contributed by atoms with Gasteiger partial charge in [0.15, 0.2) is 0 Å². The van der Waals surface area contributed by atoms with Crippen molar-refractivity contribution in [2.75, 3.05) is 13.7 Å². The van der Waals surface area contributed by atoms with Gasteiger partial charge in [-0.05, 0) is 63.1 Å². The van der Waals surface area contributed by atoms with Crippen LogP contribution < -0.4 is 0 Å². The maximum Gasteiger partial charge on any atom is 0.103 e. The van der Waals surface area contributed by atoms with Gasteiger partial charge < -0.3 is 14.6 Å². The third kappa shape index (κ3) is 4.29. The maximum absolute atomic E-state index is 10.5. The van der Waals surface area contributed by atoms with Crippen molar-refractivity contribution in [3.05, 3.63) is 34.4 Å². The van der Waals surface area contributed by atoms with Gasteiger partial charge in [0.25, 0.3) is 0 Å². The predicted octanol–water partition coefficient (Wildman–Crippen LogP) is 3.62. The van der Waals surface area contributed by atoms with Crippen LogP contribution in [0.4, 0.5) is 0 Å². The Kier molecular flexibility index (Phi) is 5.80. The highest BCUT2D eigenvalue weighted by atomic mass is 16.5. The van der Waals surface area contributed by atoms with Crippen molar-refractivity contribution in [2.24, 2.45) is 0 Å². The van der Waals surface area contributed by atoms with Crippen LogP contribution in [0, 0.1) is 20.8 Å². The summed E-state index contributed by atoms with van der Waals surface area (Å²) in [5.41, 5.74) is 4.53. The van der Waals surface area contributed by atoms with Crippen molar-refractivity contribution < 1.29 is 14.6 Å². The van der Waals surface area contributed by atoms with Gasteiger partial charge in [-0.2, -0.15) is 0 Å². The van der Waals surface area contributed by atoms with E-state index in [1.165, 1.54) is 5.56 Å². The lowest BCUT2D eigenvalue weighted by Gasteiger charge is -2.29. The Morgan fingerprint density at radius 1 is 1.14 bits per heavy atom. The average molecular weight is 292 g/mol. The average Bonchev–Trinajstić information content (AvgIpc) is 2.44. The Morgan fingerprint density at radius 3 is 2.38 bits per heavy atom. The van der Waals surface area contributed by atoms with Crippen molar-refractivity contribution in [3.63, 3.8) is 0 Å². The molecule has 0 saturated heterocycles. The highest BCUT2D eigenvalue weighted by Gasteiger charge is 2.23. The summed E-state index contributed by atoms with van der Waals surface area (Å²) in [4.78, 5) is 0. The lowest BCUT2D eigenvalue weighted by Crippen LogP contribution is -2.28. The Morgan fingerprint density at radius 2 is 1.76 bits per heavy atom. The molecule has 1 fully saturated rings. The van der Waals surface area contributed by atoms with Gasteiger partial charge in [-0.1, -0.05) is 17.7 Å². The summed E-state index contributed by atoms with van der Waals surface area (Å²) < 4.78 is 11.4. The molecule has 3 nitrogen and oxygen atoms in total. The number of hydrogen-bond donors (Lipinski definition) is 1. The van der Waals surface area contributed by atoms with Crippen LogP contribution >= 0.6 is 0 Å². The summed E-state index contributed by atoms with van der Waals surface area (Å²) in [5.74, 6) is 0. The highest BCUT2D eigenvalue weighted by molar-refractivity contribution is 5.38. The van der Waals surface area contributed by atoms with Gasteiger partial charge in [0.2, 0.25) is 0 Å². The lowest BCUT2D eigenvalue weighted by atomic mass is 9.94. The van der Waals surface area contributed by atoms with E-state index < -0.39 is 6.10 Å². The molecule has 1 aliphatic rings. The molecule has 3 atom stereocenters. The SMILES string of the molecule is COC1CCCC(OCC(O)c2c(C)cc(C)cc2C)C1. The fourth-order valence-electron chi connectivity index (χ4n) is 3.49. The third-order valence-corrected chi connectivity index (χ3v) is 4.47. The molecule has 3 unspecified atom stereocenters. The van der Waals surface area contributed by atoms with Crippen LogP contribution in [0.5, 0.6) is 0 Å². The monoisotopic (exact) mass is 292 g/mol. The summed E-state index contributed by atoms with van der Waals surface area (Å²) >= 11 is 0. The van der Waals surface area contributed by atoms with Crippen LogP contribution in [-0.2, 0) is 9.47 Å². The van der Waals surface area contributed by atoms with E-state index in [-0.39, 0.29) is 6.10 Å². The van der Waals surface area contributed by atoms with Gasteiger partial charge in [0.1, 0.15) is 6.10 Å². The minimum Gasteiger partial charge on any atom is -0.386 e. The molecule has 1 aliphatic carbocycles. The fraction of sp³-hybridized carbons (Fsp3) is 0.667. The highest BCUT2D eigenvalue weighted by Crippen LogP contribution is 2.27. The molecule has 0 amide bonds. The molecule has 1 aromatic carbocycles. The molecule has 0 aliphatic heterocycles. The van der Waals surface area contributed by atoms with Crippen molar-refractivity contribution in [2.45, 2.75) is 64.8 Å². The molecular formula is C18H28O3. The van der Waals surface area contributed by atoms with E-state index in [9.17, 15) is 5.11 Å². The van der Waals surface area contributed by atoms with Gasteiger partial charge in [0.05, 0.1) is 18.8 Å². The molecule has 1 N–H and O–H groups in total. The van der Waals surface area contributed by atoms with Gasteiger partial charge in [-0.25, -0.2) is 0 Å². The number of aliphatic hydroxyl groups is 1. The van der Waals surface area contributed by atoms with Crippen LogP contribution in [0.25, 0.3) is 0 Å².